The molecule has 9 heteroatoms. The first-order valence-electron chi connectivity index (χ1n) is 8.06. The third-order valence-corrected chi connectivity index (χ3v) is 4.99. The molecule has 8 nitrogen and oxygen atoms in total. The fraction of sp³-hybridized carbons (Fsp3) is 0.438. The van der Waals surface area contributed by atoms with Crippen LogP contribution in [0.1, 0.15) is 47.9 Å². The number of hydrogen-bond acceptors (Lipinski definition) is 8. The quantitative estimate of drug-likeness (QED) is 0.675. The molecule has 0 unspecified atom stereocenters. The lowest BCUT2D eigenvalue weighted by Crippen LogP contribution is -2.11. The van der Waals surface area contributed by atoms with E-state index in [1.54, 1.807) is 13.3 Å². The summed E-state index contributed by atoms with van der Waals surface area (Å²) in [5.41, 5.74) is 0.826. The molecule has 1 N–H and O–H groups in total. The summed E-state index contributed by atoms with van der Waals surface area (Å²) in [6, 6.07) is 0.274. The average molecular weight is 360 g/mol. The van der Waals surface area contributed by atoms with Gasteiger partial charge in [0.25, 0.3) is 0 Å². The van der Waals surface area contributed by atoms with Gasteiger partial charge in [-0.1, -0.05) is 0 Å². The number of nitrogens with one attached hydrogen (secondary N) is 1. The summed E-state index contributed by atoms with van der Waals surface area (Å²) >= 11 is 1.32. The van der Waals surface area contributed by atoms with E-state index in [4.69, 9.17) is 4.74 Å². The van der Waals surface area contributed by atoms with Gasteiger partial charge in [0.2, 0.25) is 0 Å². The number of anilines is 1. The number of fused-ring (bicyclic) bond motifs is 1. The van der Waals surface area contributed by atoms with E-state index < -0.39 is 0 Å². The van der Waals surface area contributed by atoms with Crippen molar-refractivity contribution in [2.75, 3.05) is 11.9 Å². The number of ether oxygens (including phenoxy) is 1. The summed E-state index contributed by atoms with van der Waals surface area (Å²) in [5.74, 6) is 1.17. The normalized spacial score (nSPS) is 11.2. The van der Waals surface area contributed by atoms with Gasteiger partial charge >= 0.3 is 5.97 Å². The van der Waals surface area contributed by atoms with Crippen LogP contribution >= 0.6 is 11.3 Å². The number of carbonyl (C=O) groups is 1. The minimum Gasteiger partial charge on any atom is -0.462 e. The highest BCUT2D eigenvalue weighted by molar-refractivity contribution is 7.20. The van der Waals surface area contributed by atoms with Gasteiger partial charge in [0.15, 0.2) is 5.82 Å². The zero-order chi connectivity index (χ0) is 18.0. The Kier molecular flexibility index (Phi) is 4.93. The Hall–Kier alpha value is -2.55. The standard InChI is InChI=1S/C16H20N6O2S/c1-5-24-16(23)13-10(4)12-14(18-7-19-15(12)25-13)17-6-11-21-20-8-22(11)9(2)3/h7-9H,5-6H2,1-4H3,(H,17,18,19). The number of esters is 1. The van der Waals surface area contributed by atoms with Crippen LogP contribution in [0.15, 0.2) is 12.7 Å². The molecule has 0 saturated heterocycles. The van der Waals surface area contributed by atoms with Gasteiger partial charge in [0, 0.05) is 6.04 Å². The monoisotopic (exact) mass is 360 g/mol. The largest absolute Gasteiger partial charge is 0.462 e. The van der Waals surface area contributed by atoms with E-state index in [-0.39, 0.29) is 12.0 Å². The summed E-state index contributed by atoms with van der Waals surface area (Å²) < 4.78 is 7.12. The van der Waals surface area contributed by atoms with Crippen molar-refractivity contribution in [2.45, 2.75) is 40.3 Å². The lowest BCUT2D eigenvalue weighted by molar-refractivity contribution is 0.0531. The number of hydrogen-bond donors (Lipinski definition) is 1. The third-order valence-electron chi connectivity index (χ3n) is 3.81. The van der Waals surface area contributed by atoms with Crippen LogP contribution in [0.4, 0.5) is 5.82 Å². The molecule has 0 spiro atoms. The molecule has 0 atom stereocenters. The highest BCUT2D eigenvalue weighted by atomic mass is 32.1. The Bertz CT molecular complexity index is 901. The van der Waals surface area contributed by atoms with Crippen molar-refractivity contribution in [2.24, 2.45) is 0 Å². The SMILES string of the molecule is CCOC(=O)c1sc2ncnc(NCc3nncn3C(C)C)c2c1C. The van der Waals surface area contributed by atoms with Gasteiger partial charge in [-0.25, -0.2) is 14.8 Å². The van der Waals surface area contributed by atoms with Crippen molar-refractivity contribution in [1.82, 2.24) is 24.7 Å². The van der Waals surface area contributed by atoms with E-state index >= 15 is 0 Å². The fourth-order valence-electron chi connectivity index (χ4n) is 2.58. The smallest absolute Gasteiger partial charge is 0.348 e. The van der Waals surface area contributed by atoms with Crippen LogP contribution in [0.2, 0.25) is 0 Å². The van der Waals surface area contributed by atoms with Crippen molar-refractivity contribution in [3.63, 3.8) is 0 Å². The summed E-state index contributed by atoms with van der Waals surface area (Å²) in [5, 5.41) is 12.2. The van der Waals surface area contributed by atoms with E-state index in [2.05, 4.69) is 39.3 Å². The molecule has 0 aromatic carbocycles. The molecule has 0 amide bonds. The van der Waals surface area contributed by atoms with E-state index in [0.29, 0.717) is 23.8 Å². The van der Waals surface area contributed by atoms with Crippen molar-refractivity contribution in [3.05, 3.63) is 28.9 Å². The molecule has 0 fully saturated rings. The zero-order valence-corrected chi connectivity index (χ0v) is 15.4. The first-order chi connectivity index (χ1) is 12.0. The summed E-state index contributed by atoms with van der Waals surface area (Å²) in [7, 11) is 0. The molecule has 3 aromatic heterocycles. The first-order valence-corrected chi connectivity index (χ1v) is 8.88. The predicted octanol–water partition coefficient (Wildman–Crippen LogP) is 2.96. The number of nitrogens with zero attached hydrogens (tertiary/aromatic N) is 5. The van der Waals surface area contributed by atoms with Gasteiger partial charge in [-0.3, -0.25) is 0 Å². The van der Waals surface area contributed by atoms with Crippen LogP contribution < -0.4 is 5.32 Å². The highest BCUT2D eigenvalue weighted by Crippen LogP contribution is 2.33. The van der Waals surface area contributed by atoms with Crippen molar-refractivity contribution in [3.8, 4) is 0 Å². The molecule has 0 bridgehead atoms. The summed E-state index contributed by atoms with van der Waals surface area (Å²) in [6.07, 6.45) is 3.20. The molecule has 0 aliphatic heterocycles. The van der Waals surface area contributed by atoms with Crippen LogP contribution in [0.5, 0.6) is 0 Å². The fourth-order valence-corrected chi connectivity index (χ4v) is 3.63. The van der Waals surface area contributed by atoms with E-state index in [1.807, 2.05) is 11.5 Å². The van der Waals surface area contributed by atoms with E-state index in [9.17, 15) is 4.79 Å². The van der Waals surface area contributed by atoms with E-state index in [1.165, 1.54) is 17.7 Å². The Balaban J connectivity index is 1.91. The molecule has 0 aliphatic carbocycles. The molecule has 3 heterocycles. The lowest BCUT2D eigenvalue weighted by Gasteiger charge is -2.11. The Labute approximate surface area is 149 Å². The maximum absolute atomic E-state index is 12.1. The molecular formula is C16H20N6O2S. The van der Waals surface area contributed by atoms with Crippen LogP contribution in [0.3, 0.4) is 0 Å². The molecule has 0 radical (unpaired) electrons. The average Bonchev–Trinajstić information content (AvgIpc) is 3.18. The predicted molar refractivity (Wildman–Crippen MR) is 95.8 cm³/mol. The van der Waals surface area contributed by atoms with Gasteiger partial charge in [-0.05, 0) is 33.3 Å². The van der Waals surface area contributed by atoms with Gasteiger partial charge in [-0.2, -0.15) is 0 Å². The summed E-state index contributed by atoms with van der Waals surface area (Å²) in [6.45, 7) is 8.64. The van der Waals surface area contributed by atoms with Crippen LogP contribution in [0, 0.1) is 6.92 Å². The molecule has 0 saturated carbocycles. The maximum Gasteiger partial charge on any atom is 0.348 e. The van der Waals surface area contributed by atoms with Crippen molar-refractivity contribution in [1.29, 1.82) is 0 Å². The second-order valence-electron chi connectivity index (χ2n) is 5.78. The van der Waals surface area contributed by atoms with Gasteiger partial charge < -0.3 is 14.6 Å². The molecule has 3 rings (SSSR count). The second kappa shape index (κ2) is 7.14. The zero-order valence-electron chi connectivity index (χ0n) is 14.6. The number of aryl methyl sites for hydroxylation is 1. The molecule has 132 valence electrons. The van der Waals surface area contributed by atoms with Gasteiger partial charge in [0.05, 0.1) is 18.5 Å². The number of aromatic nitrogens is 5. The van der Waals surface area contributed by atoms with Crippen LogP contribution in [0.25, 0.3) is 10.2 Å². The topological polar surface area (TPSA) is 94.8 Å². The molecule has 0 aliphatic rings. The maximum atomic E-state index is 12.1. The minimum absolute atomic E-state index is 0.274. The lowest BCUT2D eigenvalue weighted by atomic mass is 10.2. The Morgan fingerprint density at radius 2 is 2.20 bits per heavy atom. The van der Waals surface area contributed by atoms with Crippen molar-refractivity contribution >= 4 is 33.3 Å². The van der Waals surface area contributed by atoms with Gasteiger partial charge in [-0.15, -0.1) is 21.5 Å². The Morgan fingerprint density at radius 3 is 2.92 bits per heavy atom. The molecule has 25 heavy (non-hydrogen) atoms. The molecular weight excluding hydrogens is 340 g/mol. The number of rotatable bonds is 6. The Morgan fingerprint density at radius 1 is 1.40 bits per heavy atom. The third kappa shape index (κ3) is 3.32. The molecule has 3 aromatic rings. The van der Waals surface area contributed by atoms with Gasteiger partial charge in [0.1, 0.15) is 28.2 Å². The van der Waals surface area contributed by atoms with Crippen LogP contribution in [-0.2, 0) is 11.3 Å². The van der Waals surface area contributed by atoms with Crippen molar-refractivity contribution < 1.29 is 9.53 Å². The highest BCUT2D eigenvalue weighted by Gasteiger charge is 2.20. The first kappa shape index (κ1) is 17.3. The second-order valence-corrected chi connectivity index (χ2v) is 6.78. The van der Waals surface area contributed by atoms with Crippen LogP contribution in [-0.4, -0.2) is 37.3 Å². The number of thiophene rings is 1. The summed E-state index contributed by atoms with van der Waals surface area (Å²) in [4.78, 5) is 22.0. The minimum atomic E-state index is -0.325. The van der Waals surface area contributed by atoms with E-state index in [0.717, 1.165) is 21.6 Å². The number of carbonyl (C=O) groups excluding carboxylic acids is 1.